The molecule has 1 heterocycles. The minimum Gasteiger partial charge on any atom is -0.493 e. The van der Waals surface area contributed by atoms with Crippen LogP contribution in [0.4, 0.5) is 0 Å². The van der Waals surface area contributed by atoms with Gasteiger partial charge in [0, 0.05) is 18.2 Å². The second kappa shape index (κ2) is 6.66. The number of hydrogen-bond donors (Lipinski definition) is 1. The average Bonchev–Trinajstić information content (AvgIpc) is 2.82. The minimum absolute atomic E-state index is 0.297. The molecule has 0 amide bonds. The van der Waals surface area contributed by atoms with Crippen LogP contribution in [0, 0.1) is 5.92 Å². The Bertz CT molecular complexity index is 418. The van der Waals surface area contributed by atoms with E-state index in [9.17, 15) is 0 Å². The highest BCUT2D eigenvalue weighted by molar-refractivity contribution is 5.51. The summed E-state index contributed by atoms with van der Waals surface area (Å²) < 4.78 is 16.6. The Balaban J connectivity index is 2.09. The number of rotatable bonds is 7. The zero-order valence-corrected chi connectivity index (χ0v) is 12.0. The Hall–Kier alpha value is -1.42. The summed E-state index contributed by atoms with van der Waals surface area (Å²) in [7, 11) is 0. The lowest BCUT2D eigenvalue weighted by molar-refractivity contribution is 0.173. The van der Waals surface area contributed by atoms with Crippen molar-refractivity contribution in [2.75, 3.05) is 19.9 Å². The molecule has 1 aromatic carbocycles. The molecule has 2 rings (SSSR count). The van der Waals surface area contributed by atoms with Gasteiger partial charge in [0.15, 0.2) is 11.5 Å². The molecule has 1 N–H and O–H groups in total. The van der Waals surface area contributed by atoms with Crippen LogP contribution in [-0.2, 0) is 6.54 Å². The van der Waals surface area contributed by atoms with Crippen LogP contribution in [0.1, 0.15) is 32.8 Å². The fourth-order valence-corrected chi connectivity index (χ4v) is 1.95. The zero-order chi connectivity index (χ0) is 13.7. The molecule has 1 aliphatic rings. The summed E-state index contributed by atoms with van der Waals surface area (Å²) in [5, 5.41) is 3.43. The van der Waals surface area contributed by atoms with Gasteiger partial charge in [-0.3, -0.25) is 0 Å². The molecular formula is C15H23NO3. The summed E-state index contributed by atoms with van der Waals surface area (Å²) in [5.41, 5.74) is 1.12. The predicted octanol–water partition coefficient (Wildman–Crippen LogP) is 2.95. The van der Waals surface area contributed by atoms with Crippen LogP contribution in [0.2, 0.25) is 0 Å². The van der Waals surface area contributed by atoms with Crippen LogP contribution >= 0.6 is 0 Å². The van der Waals surface area contributed by atoms with Gasteiger partial charge < -0.3 is 19.5 Å². The lowest BCUT2D eigenvalue weighted by atomic mass is 10.1. The van der Waals surface area contributed by atoms with E-state index < -0.39 is 0 Å². The van der Waals surface area contributed by atoms with E-state index in [1.807, 2.05) is 12.1 Å². The molecule has 1 aliphatic heterocycles. The summed E-state index contributed by atoms with van der Waals surface area (Å²) in [6.07, 6.45) is 0.993. The van der Waals surface area contributed by atoms with Crippen LogP contribution in [0.25, 0.3) is 0 Å². The van der Waals surface area contributed by atoms with Crippen molar-refractivity contribution in [2.45, 2.75) is 33.7 Å². The van der Waals surface area contributed by atoms with Crippen molar-refractivity contribution < 1.29 is 14.2 Å². The monoisotopic (exact) mass is 265 g/mol. The molecule has 19 heavy (non-hydrogen) atoms. The highest BCUT2D eigenvalue weighted by atomic mass is 16.7. The van der Waals surface area contributed by atoms with Gasteiger partial charge in [-0.05, 0) is 24.9 Å². The smallest absolute Gasteiger partial charge is 0.231 e. The van der Waals surface area contributed by atoms with Crippen LogP contribution in [0.15, 0.2) is 12.1 Å². The molecule has 0 radical (unpaired) electrons. The quantitative estimate of drug-likeness (QED) is 0.823. The molecule has 0 fully saturated rings. The summed E-state index contributed by atoms with van der Waals surface area (Å²) >= 11 is 0. The van der Waals surface area contributed by atoms with Crippen molar-refractivity contribution in [1.82, 2.24) is 5.32 Å². The normalized spacial score (nSPS) is 13.1. The van der Waals surface area contributed by atoms with Gasteiger partial charge in [0.1, 0.15) is 5.75 Å². The summed E-state index contributed by atoms with van der Waals surface area (Å²) in [6.45, 7) is 9.28. The maximum absolute atomic E-state index is 5.79. The van der Waals surface area contributed by atoms with Crippen LogP contribution in [0.3, 0.4) is 0 Å². The van der Waals surface area contributed by atoms with Gasteiger partial charge in [0.2, 0.25) is 6.79 Å². The third-order valence-electron chi connectivity index (χ3n) is 2.89. The number of hydrogen-bond acceptors (Lipinski definition) is 4. The fraction of sp³-hybridized carbons (Fsp3) is 0.600. The van der Waals surface area contributed by atoms with Crippen molar-refractivity contribution in [1.29, 1.82) is 0 Å². The van der Waals surface area contributed by atoms with Gasteiger partial charge in [-0.1, -0.05) is 20.8 Å². The molecule has 4 heteroatoms. The van der Waals surface area contributed by atoms with Gasteiger partial charge in [-0.25, -0.2) is 0 Å². The van der Waals surface area contributed by atoms with E-state index in [1.165, 1.54) is 0 Å². The van der Waals surface area contributed by atoms with E-state index in [4.69, 9.17) is 14.2 Å². The molecule has 0 unspecified atom stereocenters. The van der Waals surface area contributed by atoms with Gasteiger partial charge in [0.25, 0.3) is 0 Å². The van der Waals surface area contributed by atoms with Crippen molar-refractivity contribution in [3.8, 4) is 17.2 Å². The van der Waals surface area contributed by atoms with E-state index in [1.54, 1.807) is 0 Å². The SMILES string of the molecule is CCCOc1cc2c(cc1CNCC(C)C)OCO2. The molecule has 1 aromatic rings. The summed E-state index contributed by atoms with van der Waals surface area (Å²) in [4.78, 5) is 0. The minimum atomic E-state index is 0.297. The number of fused-ring (bicyclic) bond motifs is 1. The number of nitrogens with one attached hydrogen (secondary N) is 1. The second-order valence-electron chi connectivity index (χ2n) is 5.19. The maximum Gasteiger partial charge on any atom is 0.231 e. The van der Waals surface area contributed by atoms with E-state index >= 15 is 0 Å². The molecule has 0 atom stereocenters. The fourth-order valence-electron chi connectivity index (χ4n) is 1.95. The first-order valence-corrected chi connectivity index (χ1v) is 6.96. The Labute approximate surface area is 115 Å². The van der Waals surface area contributed by atoms with Crippen LogP contribution < -0.4 is 19.5 Å². The second-order valence-corrected chi connectivity index (χ2v) is 5.19. The van der Waals surface area contributed by atoms with Crippen molar-refractivity contribution in [2.24, 2.45) is 5.92 Å². The Kier molecular flexibility index (Phi) is 4.91. The zero-order valence-electron chi connectivity index (χ0n) is 12.0. The number of benzene rings is 1. The van der Waals surface area contributed by atoms with E-state index in [-0.39, 0.29) is 0 Å². The first-order valence-electron chi connectivity index (χ1n) is 6.96. The Morgan fingerprint density at radius 1 is 1.26 bits per heavy atom. The van der Waals surface area contributed by atoms with Gasteiger partial charge in [0.05, 0.1) is 6.61 Å². The highest BCUT2D eigenvalue weighted by Crippen LogP contribution is 2.38. The topological polar surface area (TPSA) is 39.7 Å². The molecule has 0 saturated carbocycles. The summed E-state index contributed by atoms with van der Waals surface area (Å²) in [6, 6.07) is 3.95. The predicted molar refractivity (Wildman–Crippen MR) is 74.9 cm³/mol. The lowest BCUT2D eigenvalue weighted by Gasteiger charge is -2.13. The van der Waals surface area contributed by atoms with E-state index in [0.717, 1.165) is 48.9 Å². The summed E-state index contributed by atoms with van der Waals surface area (Å²) in [5.74, 6) is 3.11. The van der Waals surface area contributed by atoms with Gasteiger partial charge in [-0.15, -0.1) is 0 Å². The molecule has 106 valence electrons. The third kappa shape index (κ3) is 3.77. The third-order valence-corrected chi connectivity index (χ3v) is 2.89. The molecule has 0 aromatic heterocycles. The van der Waals surface area contributed by atoms with Crippen LogP contribution in [-0.4, -0.2) is 19.9 Å². The average molecular weight is 265 g/mol. The highest BCUT2D eigenvalue weighted by Gasteiger charge is 2.17. The molecule has 0 bridgehead atoms. The molecule has 4 nitrogen and oxygen atoms in total. The van der Waals surface area contributed by atoms with E-state index in [2.05, 4.69) is 26.1 Å². The van der Waals surface area contributed by atoms with Crippen molar-refractivity contribution in [3.05, 3.63) is 17.7 Å². The van der Waals surface area contributed by atoms with E-state index in [0.29, 0.717) is 12.7 Å². The van der Waals surface area contributed by atoms with Crippen molar-refractivity contribution >= 4 is 0 Å². The largest absolute Gasteiger partial charge is 0.493 e. The Morgan fingerprint density at radius 3 is 2.68 bits per heavy atom. The maximum atomic E-state index is 5.79. The Morgan fingerprint density at radius 2 is 2.00 bits per heavy atom. The lowest BCUT2D eigenvalue weighted by Crippen LogP contribution is -2.19. The molecule has 0 aliphatic carbocycles. The first-order chi connectivity index (χ1) is 9.20. The molecule has 0 spiro atoms. The molecule has 0 saturated heterocycles. The van der Waals surface area contributed by atoms with Gasteiger partial charge >= 0.3 is 0 Å². The van der Waals surface area contributed by atoms with Gasteiger partial charge in [-0.2, -0.15) is 0 Å². The van der Waals surface area contributed by atoms with Crippen molar-refractivity contribution in [3.63, 3.8) is 0 Å². The standard InChI is InChI=1S/C15H23NO3/c1-4-5-17-13-7-15-14(18-10-19-15)6-12(13)9-16-8-11(2)3/h6-7,11,16H,4-5,8-10H2,1-3H3. The molecular weight excluding hydrogens is 242 g/mol. The number of ether oxygens (including phenoxy) is 3. The first kappa shape index (κ1) is 14.0. The van der Waals surface area contributed by atoms with Crippen LogP contribution in [0.5, 0.6) is 17.2 Å².